The van der Waals surface area contributed by atoms with Crippen molar-refractivity contribution in [1.29, 1.82) is 0 Å². The Hall–Kier alpha value is -4.47. The summed E-state index contributed by atoms with van der Waals surface area (Å²) in [6.45, 7) is 0. The molecule has 0 amide bonds. The van der Waals surface area contributed by atoms with Gasteiger partial charge in [-0.3, -0.25) is 0 Å². The molecule has 0 radical (unpaired) electrons. The van der Waals surface area contributed by atoms with Gasteiger partial charge in [-0.15, -0.1) is 0 Å². The Morgan fingerprint density at radius 1 is 0.438 bits per heavy atom. The van der Waals surface area contributed by atoms with Crippen molar-refractivity contribution in [1.82, 2.24) is 0 Å². The van der Waals surface area contributed by atoms with Crippen molar-refractivity contribution in [3.05, 3.63) is 133 Å². The fourth-order valence-corrected chi connectivity index (χ4v) is 11.3. The van der Waals surface area contributed by atoms with Crippen LogP contribution in [0.4, 0.5) is 0 Å². The van der Waals surface area contributed by atoms with Crippen molar-refractivity contribution in [2.75, 3.05) is 28.4 Å². The summed E-state index contributed by atoms with van der Waals surface area (Å²) in [4.78, 5) is 2.20. The van der Waals surface area contributed by atoms with E-state index in [4.69, 9.17) is 23.7 Å². The fourth-order valence-electron chi connectivity index (χ4n) is 5.69. The summed E-state index contributed by atoms with van der Waals surface area (Å²) in [7, 11) is 4.94. The first-order valence-electron chi connectivity index (χ1n) is 15.4. The van der Waals surface area contributed by atoms with Crippen LogP contribution in [0, 0.1) is 0 Å². The van der Waals surface area contributed by atoms with Crippen LogP contribution in [0.15, 0.2) is 143 Å². The van der Waals surface area contributed by atoms with Gasteiger partial charge in [0.2, 0.25) is 0 Å². The third-order valence-corrected chi connectivity index (χ3v) is 14.1. The number of rotatable bonds is 10. The highest BCUT2D eigenvalue weighted by Crippen LogP contribution is 2.50. The van der Waals surface area contributed by atoms with E-state index in [1.54, 1.807) is 40.2 Å². The quantitative estimate of drug-likeness (QED) is 0.139. The molecule has 240 valence electrons. The van der Waals surface area contributed by atoms with E-state index in [1.165, 1.54) is 26.5 Å². The molecule has 1 aliphatic heterocycles. The zero-order chi connectivity index (χ0) is 33.0. The molecule has 6 aromatic carbocycles. The van der Waals surface area contributed by atoms with Gasteiger partial charge in [0.25, 0.3) is 0 Å². The molecule has 0 saturated heterocycles. The van der Waals surface area contributed by atoms with Gasteiger partial charge in [-0.2, -0.15) is 0 Å². The number of hydrogen-bond donors (Lipinski definition) is 0. The highest BCUT2D eigenvalue weighted by atomic mass is 32.2. The number of methoxy groups -OCH3 is 4. The minimum absolute atomic E-state index is 0.831. The Balaban J connectivity index is 1.31. The molecular weight excluding hydrogens is 654 g/mol. The molecule has 0 atom stereocenters. The van der Waals surface area contributed by atoms with Crippen LogP contribution in [0.2, 0.25) is 0 Å². The van der Waals surface area contributed by atoms with E-state index in [1.807, 2.05) is 48.5 Å². The minimum Gasteiger partial charge on any atom is -0.497 e. The molecule has 48 heavy (non-hydrogen) atoms. The summed E-state index contributed by atoms with van der Waals surface area (Å²) in [6, 6.07) is 46.7. The van der Waals surface area contributed by atoms with Crippen molar-refractivity contribution in [3.8, 4) is 34.5 Å². The van der Waals surface area contributed by atoms with Gasteiger partial charge in [0.15, 0.2) is 0 Å². The van der Waals surface area contributed by atoms with Crippen LogP contribution in [0.5, 0.6) is 34.5 Å². The molecule has 6 aromatic rings. The second kappa shape index (κ2) is 14.3. The molecule has 0 unspecified atom stereocenters. The monoisotopic (exact) mass is 688 g/mol. The summed E-state index contributed by atoms with van der Waals surface area (Å²) in [5.74, 6) is 5.11. The van der Waals surface area contributed by atoms with Gasteiger partial charge in [0.05, 0.1) is 38.2 Å². The zero-order valence-electron chi connectivity index (χ0n) is 27.0. The smallest absolute Gasteiger partial charge is 0.149 e. The molecule has 7 rings (SSSR count). The second-order valence-corrected chi connectivity index (χ2v) is 16.4. The van der Waals surface area contributed by atoms with Gasteiger partial charge in [0.1, 0.15) is 34.5 Å². The summed E-state index contributed by atoms with van der Waals surface area (Å²) in [5.41, 5.74) is 0. The zero-order valence-corrected chi connectivity index (χ0v) is 29.7. The topological polar surface area (TPSA) is 46.2 Å². The van der Waals surface area contributed by atoms with Crippen LogP contribution in [0.1, 0.15) is 0 Å². The Bertz CT molecular complexity index is 1920. The lowest BCUT2D eigenvalue weighted by molar-refractivity contribution is 0.415. The highest BCUT2D eigenvalue weighted by Gasteiger charge is 2.28. The lowest BCUT2D eigenvalue weighted by Gasteiger charge is -2.28. The molecular formula is C40H34O5P2S. The van der Waals surface area contributed by atoms with E-state index in [2.05, 4.69) is 84.9 Å². The van der Waals surface area contributed by atoms with Crippen molar-refractivity contribution < 1.29 is 23.7 Å². The molecule has 0 N–H and O–H groups in total. The van der Waals surface area contributed by atoms with E-state index in [-0.39, 0.29) is 0 Å². The largest absolute Gasteiger partial charge is 0.497 e. The second-order valence-electron chi connectivity index (χ2n) is 10.9. The summed E-state index contributed by atoms with van der Waals surface area (Å²) in [6.07, 6.45) is 0. The normalized spacial score (nSPS) is 11.8. The first-order valence-corrected chi connectivity index (χ1v) is 18.9. The molecule has 5 nitrogen and oxygen atoms in total. The maximum Gasteiger partial charge on any atom is 0.149 e. The molecule has 0 aliphatic carbocycles. The van der Waals surface area contributed by atoms with Crippen molar-refractivity contribution in [2.45, 2.75) is 9.79 Å². The maximum atomic E-state index is 6.97. The van der Waals surface area contributed by atoms with Crippen LogP contribution in [-0.4, -0.2) is 28.4 Å². The third kappa shape index (κ3) is 6.49. The van der Waals surface area contributed by atoms with Crippen LogP contribution >= 0.6 is 27.6 Å². The molecule has 8 heteroatoms. The first-order chi connectivity index (χ1) is 23.6. The third-order valence-electron chi connectivity index (χ3n) is 8.14. The fraction of sp³-hybridized carbons (Fsp3) is 0.100. The average Bonchev–Trinajstić information content (AvgIpc) is 3.15. The SMILES string of the molecule is COc1ccc(P(c2ccc(OC)cc2)c2ccc3c(c2)Oc2c(cccc2P(c2ccc(OC)cc2)c2ccc(OC)cc2)S3)cc1. The number of fused-ring (bicyclic) bond motifs is 2. The summed E-state index contributed by atoms with van der Waals surface area (Å²) < 4.78 is 28.9. The Labute approximate surface area is 288 Å². The van der Waals surface area contributed by atoms with Crippen molar-refractivity contribution >= 4 is 59.4 Å². The molecule has 1 aliphatic rings. The van der Waals surface area contributed by atoms with Crippen molar-refractivity contribution in [3.63, 3.8) is 0 Å². The van der Waals surface area contributed by atoms with Crippen molar-refractivity contribution in [2.24, 2.45) is 0 Å². The van der Waals surface area contributed by atoms with Crippen LogP contribution in [-0.2, 0) is 0 Å². The number of hydrogen-bond acceptors (Lipinski definition) is 6. The predicted octanol–water partition coefficient (Wildman–Crippen LogP) is 7.49. The Morgan fingerprint density at radius 2 is 0.854 bits per heavy atom. The van der Waals surface area contributed by atoms with E-state index < -0.39 is 15.8 Å². The molecule has 0 fully saturated rings. The first kappa shape index (κ1) is 32.1. The molecule has 0 aromatic heterocycles. The van der Waals surface area contributed by atoms with Gasteiger partial charge < -0.3 is 23.7 Å². The van der Waals surface area contributed by atoms with Gasteiger partial charge >= 0.3 is 0 Å². The molecule has 0 spiro atoms. The van der Waals surface area contributed by atoms with Crippen LogP contribution < -0.4 is 55.5 Å². The van der Waals surface area contributed by atoms with Gasteiger partial charge in [-0.05, 0) is 109 Å². The minimum atomic E-state index is -0.956. The lowest BCUT2D eigenvalue weighted by Crippen LogP contribution is -2.23. The van der Waals surface area contributed by atoms with Gasteiger partial charge in [-0.25, -0.2) is 0 Å². The van der Waals surface area contributed by atoms with E-state index in [0.29, 0.717) is 0 Å². The number of para-hydroxylation sites is 1. The standard InChI is InChI=1S/C40H34O5P2S/c1-41-27-8-16-31(17-9-27)46(32-18-10-28(42-2)11-19-32)35-24-25-38-36(26-35)45-40-37(6-5-7-39(40)48-38)47(33-20-12-29(43-3)13-21-33)34-22-14-30(44-4)15-23-34/h5-26H,1-4H3. The molecule has 0 bridgehead atoms. The molecule has 0 saturated carbocycles. The van der Waals surface area contributed by atoms with Gasteiger partial charge in [-0.1, -0.05) is 78.5 Å². The predicted molar refractivity (Wildman–Crippen MR) is 201 cm³/mol. The number of benzene rings is 6. The molecule has 1 heterocycles. The number of ether oxygens (including phenoxy) is 5. The van der Waals surface area contributed by atoms with Gasteiger partial charge in [0, 0.05) is 5.30 Å². The Kier molecular flexibility index (Phi) is 9.59. The summed E-state index contributed by atoms with van der Waals surface area (Å²) in [5, 5.41) is 7.23. The van der Waals surface area contributed by atoms with E-state index in [9.17, 15) is 0 Å². The average molecular weight is 689 g/mol. The Morgan fingerprint density at radius 3 is 1.29 bits per heavy atom. The van der Waals surface area contributed by atoms with E-state index in [0.717, 1.165) is 49.6 Å². The van der Waals surface area contributed by atoms with Crippen LogP contribution in [0.3, 0.4) is 0 Å². The summed E-state index contributed by atoms with van der Waals surface area (Å²) >= 11 is 1.76. The van der Waals surface area contributed by atoms with E-state index >= 15 is 0 Å². The maximum absolute atomic E-state index is 6.97. The highest BCUT2D eigenvalue weighted by molar-refractivity contribution is 7.99. The lowest BCUT2D eigenvalue weighted by atomic mass is 10.3. The van der Waals surface area contributed by atoms with Crippen LogP contribution in [0.25, 0.3) is 0 Å².